The van der Waals surface area contributed by atoms with Gasteiger partial charge in [0.1, 0.15) is 0 Å². The van der Waals surface area contributed by atoms with Crippen molar-refractivity contribution in [2.24, 2.45) is 0 Å². The van der Waals surface area contributed by atoms with Crippen LogP contribution in [-0.4, -0.2) is 60.6 Å². The molecule has 2 heterocycles. The van der Waals surface area contributed by atoms with Crippen molar-refractivity contribution in [3.05, 3.63) is 29.8 Å². The lowest BCUT2D eigenvalue weighted by Gasteiger charge is -2.26. The molecule has 26 heavy (non-hydrogen) atoms. The number of nitrogens with one attached hydrogen (secondary N) is 1. The van der Waals surface area contributed by atoms with Crippen LogP contribution in [0.5, 0.6) is 5.88 Å². The van der Waals surface area contributed by atoms with E-state index in [0.29, 0.717) is 43.7 Å². The molecule has 1 aromatic carbocycles. The number of aromatic nitrogens is 2. The van der Waals surface area contributed by atoms with Crippen molar-refractivity contribution in [3.63, 3.8) is 0 Å². The topological polar surface area (TPSA) is 103 Å². The maximum atomic E-state index is 12.2. The minimum absolute atomic E-state index is 0.252. The van der Waals surface area contributed by atoms with Gasteiger partial charge in [0, 0.05) is 13.1 Å². The number of hydrogen-bond donors (Lipinski definition) is 1. The van der Waals surface area contributed by atoms with Crippen molar-refractivity contribution in [3.8, 4) is 5.88 Å². The quantitative estimate of drug-likeness (QED) is 0.748. The van der Waals surface area contributed by atoms with Crippen LogP contribution in [0.4, 0.5) is 11.5 Å². The first-order chi connectivity index (χ1) is 12.7. The highest BCUT2D eigenvalue weighted by atomic mass is 32.1. The van der Waals surface area contributed by atoms with Crippen LogP contribution in [0.1, 0.15) is 10.4 Å². The third-order valence-corrected chi connectivity index (χ3v) is 4.20. The molecule has 9 nitrogen and oxygen atoms in total. The number of ether oxygens (including phenoxy) is 3. The van der Waals surface area contributed by atoms with Gasteiger partial charge >= 0.3 is 5.97 Å². The number of hydrogen-bond acceptors (Lipinski definition) is 9. The smallest absolute Gasteiger partial charge is 0.339 e. The average Bonchev–Trinajstić information content (AvgIpc) is 3.15. The van der Waals surface area contributed by atoms with Gasteiger partial charge in [0.15, 0.2) is 6.61 Å². The highest BCUT2D eigenvalue weighted by molar-refractivity contribution is 6.99. The van der Waals surface area contributed by atoms with Gasteiger partial charge in [-0.1, -0.05) is 12.1 Å². The largest absolute Gasteiger partial charge is 0.465 e. The standard InChI is InChI=1S/C16H18N4O5S/c1-23-16(22)11-4-2-3-5-12(11)17-13(21)10-25-15-14(18-26-19-15)20-6-8-24-9-7-20/h2-5H,6-10H2,1H3,(H,17,21). The van der Waals surface area contributed by atoms with E-state index in [9.17, 15) is 9.59 Å². The summed E-state index contributed by atoms with van der Waals surface area (Å²) in [6.07, 6.45) is 0. The molecule has 138 valence electrons. The van der Waals surface area contributed by atoms with Crippen LogP contribution < -0.4 is 15.0 Å². The molecule has 10 heteroatoms. The van der Waals surface area contributed by atoms with Crippen LogP contribution in [0.3, 0.4) is 0 Å². The molecule has 1 fully saturated rings. The Hall–Kier alpha value is -2.72. The molecule has 2 aromatic rings. The number of methoxy groups -OCH3 is 1. The first-order valence-corrected chi connectivity index (χ1v) is 8.67. The van der Waals surface area contributed by atoms with Gasteiger partial charge in [-0.25, -0.2) is 4.79 Å². The predicted octanol–water partition coefficient (Wildman–Crippen LogP) is 1.18. The number of nitrogens with zero attached hydrogens (tertiary/aromatic N) is 3. The summed E-state index contributed by atoms with van der Waals surface area (Å²) in [5.41, 5.74) is 0.630. The Morgan fingerprint density at radius 1 is 1.27 bits per heavy atom. The minimum atomic E-state index is -0.528. The molecular formula is C16H18N4O5S. The normalized spacial score (nSPS) is 14.0. The van der Waals surface area contributed by atoms with Gasteiger partial charge in [-0.15, -0.1) is 4.37 Å². The molecule has 0 unspecified atom stereocenters. The SMILES string of the molecule is COC(=O)c1ccccc1NC(=O)COc1nsnc1N1CCOCC1. The zero-order valence-electron chi connectivity index (χ0n) is 14.1. The Kier molecular flexibility index (Phi) is 5.97. The van der Waals surface area contributed by atoms with Crippen LogP contribution in [0.25, 0.3) is 0 Å². The predicted molar refractivity (Wildman–Crippen MR) is 94.8 cm³/mol. The molecule has 1 aliphatic heterocycles. The number of para-hydroxylation sites is 1. The second-order valence-corrected chi connectivity index (χ2v) is 5.89. The maximum Gasteiger partial charge on any atom is 0.339 e. The summed E-state index contributed by atoms with van der Waals surface area (Å²) < 4.78 is 23.9. The fraction of sp³-hybridized carbons (Fsp3) is 0.375. The number of amides is 1. The Morgan fingerprint density at radius 2 is 2.04 bits per heavy atom. The van der Waals surface area contributed by atoms with Crippen LogP contribution >= 0.6 is 11.7 Å². The molecule has 0 atom stereocenters. The monoisotopic (exact) mass is 378 g/mol. The molecule has 1 aliphatic rings. The van der Waals surface area contributed by atoms with Crippen LogP contribution in [0, 0.1) is 0 Å². The number of morpholine rings is 1. The second kappa shape index (κ2) is 8.59. The fourth-order valence-electron chi connectivity index (χ4n) is 2.44. The molecule has 0 bridgehead atoms. The summed E-state index contributed by atoms with van der Waals surface area (Å²) in [6, 6.07) is 6.59. The summed E-state index contributed by atoms with van der Waals surface area (Å²) in [7, 11) is 1.28. The Morgan fingerprint density at radius 3 is 2.81 bits per heavy atom. The Balaban J connectivity index is 1.60. The minimum Gasteiger partial charge on any atom is -0.465 e. The lowest BCUT2D eigenvalue weighted by Crippen LogP contribution is -2.36. The first kappa shape index (κ1) is 18.1. The third-order valence-electron chi connectivity index (χ3n) is 3.70. The van der Waals surface area contributed by atoms with Gasteiger partial charge in [-0.05, 0) is 12.1 Å². The lowest BCUT2D eigenvalue weighted by atomic mass is 10.2. The van der Waals surface area contributed by atoms with Crippen LogP contribution in [-0.2, 0) is 14.3 Å². The van der Waals surface area contributed by atoms with E-state index >= 15 is 0 Å². The number of benzene rings is 1. The van der Waals surface area contributed by atoms with Gasteiger partial charge in [0.2, 0.25) is 5.82 Å². The number of rotatable bonds is 6. The zero-order valence-corrected chi connectivity index (χ0v) is 15.0. The van der Waals surface area contributed by atoms with E-state index in [1.165, 1.54) is 7.11 Å². The summed E-state index contributed by atoms with van der Waals surface area (Å²) in [6.45, 7) is 2.36. The Bertz CT molecular complexity index is 776. The summed E-state index contributed by atoms with van der Waals surface area (Å²) in [5, 5.41) is 2.64. The van der Waals surface area contributed by atoms with E-state index < -0.39 is 11.9 Å². The van der Waals surface area contributed by atoms with E-state index in [4.69, 9.17) is 14.2 Å². The molecule has 1 amide bonds. The second-order valence-electron chi connectivity index (χ2n) is 5.37. The zero-order chi connectivity index (χ0) is 18.4. The third kappa shape index (κ3) is 4.27. The van der Waals surface area contributed by atoms with Gasteiger partial charge in [-0.2, -0.15) is 4.37 Å². The number of carbonyl (C=O) groups excluding carboxylic acids is 2. The van der Waals surface area contributed by atoms with E-state index in [1.807, 2.05) is 4.90 Å². The van der Waals surface area contributed by atoms with Crippen molar-refractivity contribution >= 4 is 35.1 Å². The molecule has 0 spiro atoms. The van der Waals surface area contributed by atoms with Crippen LogP contribution in [0.2, 0.25) is 0 Å². The number of anilines is 2. The van der Waals surface area contributed by atoms with Crippen molar-refractivity contribution in [1.82, 2.24) is 8.75 Å². The van der Waals surface area contributed by atoms with Crippen LogP contribution in [0.15, 0.2) is 24.3 Å². The maximum absolute atomic E-state index is 12.2. The average molecular weight is 378 g/mol. The van der Waals surface area contributed by atoms with Crippen molar-refractivity contribution < 1.29 is 23.8 Å². The molecular weight excluding hydrogens is 360 g/mol. The molecule has 0 aliphatic carbocycles. The number of carbonyl (C=O) groups is 2. The molecule has 1 saturated heterocycles. The van der Waals surface area contributed by atoms with Gasteiger partial charge < -0.3 is 24.4 Å². The van der Waals surface area contributed by atoms with Crippen molar-refractivity contribution in [1.29, 1.82) is 0 Å². The first-order valence-electron chi connectivity index (χ1n) is 7.94. The molecule has 0 radical (unpaired) electrons. The van der Waals surface area contributed by atoms with E-state index in [-0.39, 0.29) is 12.2 Å². The lowest BCUT2D eigenvalue weighted by molar-refractivity contribution is -0.118. The van der Waals surface area contributed by atoms with Gasteiger partial charge in [0.25, 0.3) is 11.8 Å². The van der Waals surface area contributed by atoms with E-state index in [0.717, 1.165) is 11.7 Å². The van der Waals surface area contributed by atoms with Gasteiger partial charge in [0.05, 0.1) is 43.3 Å². The summed E-state index contributed by atoms with van der Waals surface area (Å²) in [4.78, 5) is 25.9. The molecule has 0 saturated carbocycles. The Labute approximate surface area is 154 Å². The highest BCUT2D eigenvalue weighted by Gasteiger charge is 2.21. The highest BCUT2D eigenvalue weighted by Crippen LogP contribution is 2.26. The van der Waals surface area contributed by atoms with Crippen molar-refractivity contribution in [2.75, 3.05) is 50.2 Å². The summed E-state index contributed by atoms with van der Waals surface area (Å²) in [5.74, 6) is -0.0169. The molecule has 1 aromatic heterocycles. The molecule has 3 rings (SSSR count). The summed E-state index contributed by atoms with van der Waals surface area (Å²) >= 11 is 1.02. The van der Waals surface area contributed by atoms with Crippen molar-refractivity contribution in [2.45, 2.75) is 0 Å². The van der Waals surface area contributed by atoms with E-state index in [2.05, 4.69) is 14.1 Å². The van der Waals surface area contributed by atoms with Gasteiger partial charge in [-0.3, -0.25) is 4.79 Å². The van der Waals surface area contributed by atoms with E-state index in [1.54, 1.807) is 24.3 Å². The molecule has 1 N–H and O–H groups in total. The number of esters is 1. The fourth-order valence-corrected chi connectivity index (χ4v) is 2.96.